The number of carboxylic acids is 1. The molecule has 0 spiro atoms. The second-order valence-corrected chi connectivity index (χ2v) is 4.61. The number of carboxylic acid groups (broad SMARTS) is 1. The molecule has 0 aliphatic carbocycles. The van der Waals surface area contributed by atoms with E-state index in [9.17, 15) is 9.18 Å². The number of benzene rings is 1. The average molecular weight is 310 g/mol. The standard InChI is InChI=1S/C13H9BrFNO2/c1-7-9(13(17)18)4-5-12(16-7)10-3-2-8(15)6-11(10)14/h2-6H,1H3,(H,17,18). The Hall–Kier alpha value is -1.75. The molecule has 1 aromatic heterocycles. The normalized spacial score (nSPS) is 10.4. The molecule has 1 heterocycles. The number of aromatic carboxylic acids is 1. The summed E-state index contributed by atoms with van der Waals surface area (Å²) in [5, 5.41) is 8.92. The molecular formula is C13H9BrFNO2. The van der Waals surface area contributed by atoms with E-state index in [1.54, 1.807) is 19.1 Å². The SMILES string of the molecule is Cc1nc(-c2ccc(F)cc2Br)ccc1C(=O)O. The van der Waals surface area contributed by atoms with Gasteiger partial charge in [0.05, 0.1) is 17.0 Å². The third-order valence-corrected chi connectivity index (χ3v) is 3.18. The van der Waals surface area contributed by atoms with Crippen molar-refractivity contribution in [1.29, 1.82) is 0 Å². The van der Waals surface area contributed by atoms with Gasteiger partial charge < -0.3 is 5.11 Å². The van der Waals surface area contributed by atoms with Crippen LogP contribution in [0.2, 0.25) is 0 Å². The maximum atomic E-state index is 13.0. The number of nitrogens with zero attached hydrogens (tertiary/aromatic N) is 1. The quantitative estimate of drug-likeness (QED) is 0.921. The van der Waals surface area contributed by atoms with Crippen LogP contribution < -0.4 is 0 Å². The van der Waals surface area contributed by atoms with E-state index in [2.05, 4.69) is 20.9 Å². The maximum Gasteiger partial charge on any atom is 0.337 e. The number of halogens is 2. The van der Waals surface area contributed by atoms with Crippen molar-refractivity contribution in [3.63, 3.8) is 0 Å². The van der Waals surface area contributed by atoms with Gasteiger partial charge in [0.15, 0.2) is 0 Å². The lowest BCUT2D eigenvalue weighted by Crippen LogP contribution is -2.02. The van der Waals surface area contributed by atoms with E-state index in [0.29, 0.717) is 15.9 Å². The summed E-state index contributed by atoms with van der Waals surface area (Å²) in [5.74, 6) is -1.35. The van der Waals surface area contributed by atoms with Crippen molar-refractivity contribution in [2.24, 2.45) is 0 Å². The Bertz CT molecular complexity index is 628. The van der Waals surface area contributed by atoms with Gasteiger partial charge in [0.25, 0.3) is 0 Å². The molecule has 18 heavy (non-hydrogen) atoms. The molecule has 3 nitrogen and oxygen atoms in total. The molecule has 1 N–H and O–H groups in total. The Morgan fingerprint density at radius 3 is 2.61 bits per heavy atom. The molecule has 0 bridgehead atoms. The van der Waals surface area contributed by atoms with Crippen molar-refractivity contribution in [3.05, 3.63) is 51.9 Å². The number of aryl methyl sites for hydroxylation is 1. The molecule has 0 saturated heterocycles. The smallest absolute Gasteiger partial charge is 0.337 e. The molecule has 92 valence electrons. The fourth-order valence-electron chi connectivity index (χ4n) is 1.63. The van der Waals surface area contributed by atoms with Crippen LogP contribution in [-0.4, -0.2) is 16.1 Å². The van der Waals surface area contributed by atoms with E-state index in [1.807, 2.05) is 0 Å². The van der Waals surface area contributed by atoms with Gasteiger partial charge in [-0.3, -0.25) is 4.98 Å². The van der Waals surface area contributed by atoms with Crippen LogP contribution in [-0.2, 0) is 0 Å². The van der Waals surface area contributed by atoms with Crippen molar-refractivity contribution in [2.45, 2.75) is 6.92 Å². The molecule has 2 aromatic rings. The monoisotopic (exact) mass is 309 g/mol. The van der Waals surface area contributed by atoms with Crippen LogP contribution in [0.15, 0.2) is 34.8 Å². The van der Waals surface area contributed by atoms with E-state index in [-0.39, 0.29) is 11.4 Å². The van der Waals surface area contributed by atoms with Crippen LogP contribution in [0.1, 0.15) is 16.1 Å². The topological polar surface area (TPSA) is 50.2 Å². The predicted molar refractivity (Wildman–Crippen MR) is 69.0 cm³/mol. The lowest BCUT2D eigenvalue weighted by molar-refractivity contribution is 0.0695. The number of aromatic nitrogens is 1. The summed E-state index contributed by atoms with van der Waals surface area (Å²) in [6, 6.07) is 7.38. The van der Waals surface area contributed by atoms with Gasteiger partial charge >= 0.3 is 5.97 Å². The molecule has 5 heteroatoms. The Kier molecular flexibility index (Phi) is 3.43. The van der Waals surface area contributed by atoms with Crippen LogP contribution in [0, 0.1) is 12.7 Å². The lowest BCUT2D eigenvalue weighted by atomic mass is 10.1. The minimum absolute atomic E-state index is 0.164. The Labute approximate surface area is 111 Å². The van der Waals surface area contributed by atoms with Crippen LogP contribution in [0.3, 0.4) is 0 Å². The highest BCUT2D eigenvalue weighted by molar-refractivity contribution is 9.10. The number of pyridine rings is 1. The number of rotatable bonds is 2. The molecule has 0 fully saturated rings. The summed E-state index contributed by atoms with van der Waals surface area (Å²) >= 11 is 3.26. The average Bonchev–Trinajstić information content (AvgIpc) is 2.28. The summed E-state index contributed by atoms with van der Waals surface area (Å²) in [7, 11) is 0. The summed E-state index contributed by atoms with van der Waals surface area (Å²) in [4.78, 5) is 15.1. The highest BCUT2D eigenvalue weighted by Crippen LogP contribution is 2.28. The van der Waals surface area contributed by atoms with E-state index in [1.165, 1.54) is 18.2 Å². The van der Waals surface area contributed by atoms with E-state index in [0.717, 1.165) is 5.56 Å². The minimum Gasteiger partial charge on any atom is -0.478 e. The molecule has 0 atom stereocenters. The van der Waals surface area contributed by atoms with E-state index in [4.69, 9.17) is 5.11 Å². The first kappa shape index (κ1) is 12.7. The van der Waals surface area contributed by atoms with Gasteiger partial charge in [0, 0.05) is 10.0 Å². The fourth-order valence-corrected chi connectivity index (χ4v) is 2.19. The number of hydrogen-bond donors (Lipinski definition) is 1. The van der Waals surface area contributed by atoms with Crippen molar-refractivity contribution in [1.82, 2.24) is 4.98 Å². The molecule has 0 saturated carbocycles. The van der Waals surface area contributed by atoms with Crippen molar-refractivity contribution < 1.29 is 14.3 Å². The number of hydrogen-bond acceptors (Lipinski definition) is 2. The van der Waals surface area contributed by atoms with Crippen LogP contribution in [0.4, 0.5) is 4.39 Å². The van der Waals surface area contributed by atoms with Gasteiger partial charge in [0.2, 0.25) is 0 Å². The van der Waals surface area contributed by atoms with Gasteiger partial charge in [-0.05, 0) is 53.2 Å². The Morgan fingerprint density at radius 2 is 2.06 bits per heavy atom. The molecule has 0 unspecified atom stereocenters. The molecule has 2 rings (SSSR count). The second kappa shape index (κ2) is 4.86. The molecular weight excluding hydrogens is 301 g/mol. The van der Waals surface area contributed by atoms with Crippen LogP contribution in [0.25, 0.3) is 11.3 Å². The Morgan fingerprint density at radius 1 is 1.33 bits per heavy atom. The molecule has 1 aromatic carbocycles. The third-order valence-electron chi connectivity index (χ3n) is 2.52. The zero-order valence-corrected chi connectivity index (χ0v) is 11.0. The van der Waals surface area contributed by atoms with Gasteiger partial charge in [-0.15, -0.1) is 0 Å². The van der Waals surface area contributed by atoms with Crippen molar-refractivity contribution in [3.8, 4) is 11.3 Å². The fraction of sp³-hybridized carbons (Fsp3) is 0.0769. The molecule has 0 aliphatic heterocycles. The summed E-state index contributed by atoms with van der Waals surface area (Å²) in [5.41, 5.74) is 1.91. The van der Waals surface area contributed by atoms with Gasteiger partial charge in [-0.25, -0.2) is 9.18 Å². The maximum absolute atomic E-state index is 13.0. The van der Waals surface area contributed by atoms with Crippen LogP contribution in [0.5, 0.6) is 0 Å². The molecule has 0 aliphatic rings. The van der Waals surface area contributed by atoms with Gasteiger partial charge in [-0.1, -0.05) is 0 Å². The van der Waals surface area contributed by atoms with Gasteiger partial charge in [-0.2, -0.15) is 0 Å². The lowest BCUT2D eigenvalue weighted by Gasteiger charge is -2.06. The summed E-state index contributed by atoms with van der Waals surface area (Å²) in [6.07, 6.45) is 0. The zero-order chi connectivity index (χ0) is 13.3. The second-order valence-electron chi connectivity index (χ2n) is 3.76. The van der Waals surface area contributed by atoms with Crippen molar-refractivity contribution in [2.75, 3.05) is 0 Å². The zero-order valence-electron chi connectivity index (χ0n) is 9.45. The first-order valence-electron chi connectivity index (χ1n) is 5.15. The highest BCUT2D eigenvalue weighted by Gasteiger charge is 2.11. The first-order chi connectivity index (χ1) is 8.49. The minimum atomic E-state index is -1.01. The largest absolute Gasteiger partial charge is 0.478 e. The highest BCUT2D eigenvalue weighted by atomic mass is 79.9. The van der Waals surface area contributed by atoms with E-state index < -0.39 is 5.97 Å². The van der Waals surface area contributed by atoms with Gasteiger partial charge in [0.1, 0.15) is 5.82 Å². The van der Waals surface area contributed by atoms with Crippen LogP contribution >= 0.6 is 15.9 Å². The third kappa shape index (κ3) is 2.41. The molecule has 0 amide bonds. The number of carbonyl (C=O) groups is 1. The summed E-state index contributed by atoms with van der Waals surface area (Å²) in [6.45, 7) is 1.63. The molecule has 0 radical (unpaired) electrons. The Balaban J connectivity index is 2.52. The van der Waals surface area contributed by atoms with E-state index >= 15 is 0 Å². The summed E-state index contributed by atoms with van der Waals surface area (Å²) < 4.78 is 13.6. The first-order valence-corrected chi connectivity index (χ1v) is 5.94. The van der Waals surface area contributed by atoms with Crippen molar-refractivity contribution >= 4 is 21.9 Å². The predicted octanol–water partition coefficient (Wildman–Crippen LogP) is 3.66.